The number of phenols is 1. The summed E-state index contributed by atoms with van der Waals surface area (Å²) in [6.07, 6.45) is 1.56. The minimum absolute atomic E-state index is 0.157. The smallest absolute Gasteiger partial charge is 0.241 e. The highest BCUT2D eigenvalue weighted by Crippen LogP contribution is 2.12. The van der Waals surface area contributed by atoms with Gasteiger partial charge in [0.2, 0.25) is 11.9 Å². The molecule has 20 heavy (non-hydrogen) atoms. The second kappa shape index (κ2) is 6.12. The zero-order valence-electron chi connectivity index (χ0n) is 10.6. The van der Waals surface area contributed by atoms with Crippen LogP contribution in [-0.4, -0.2) is 22.0 Å². The van der Waals surface area contributed by atoms with Crippen LogP contribution in [0.5, 0.6) is 5.75 Å². The number of rotatable bonds is 4. The van der Waals surface area contributed by atoms with Crippen molar-refractivity contribution in [1.29, 1.82) is 0 Å². The predicted molar refractivity (Wildman–Crippen MR) is 72.6 cm³/mol. The minimum atomic E-state index is -0.746. The summed E-state index contributed by atoms with van der Waals surface area (Å²) >= 11 is 0. The minimum Gasteiger partial charge on any atom is -0.508 e. The van der Waals surface area contributed by atoms with E-state index in [0.717, 1.165) is 11.6 Å². The number of hydrogen-bond donors (Lipinski definition) is 3. The fourth-order valence-electron chi connectivity index (χ4n) is 1.66. The molecule has 0 saturated carbocycles. The van der Waals surface area contributed by atoms with Crippen LogP contribution < -0.4 is 11.1 Å². The number of nitrogens with zero attached hydrogens (tertiary/aromatic N) is 1. The standard InChI is InChI=1S/C14H14FN3O2/c15-13-6-3-10(8-17-13)18-14(20)12(16)7-9-1-4-11(19)5-2-9/h1-6,8,12,19H,7,16H2,(H,18,20)/t12-/m0/s1. The average Bonchev–Trinajstić information content (AvgIpc) is 2.44. The van der Waals surface area contributed by atoms with Crippen LogP contribution in [0.2, 0.25) is 0 Å². The summed E-state index contributed by atoms with van der Waals surface area (Å²) in [7, 11) is 0. The molecule has 1 amide bonds. The number of benzene rings is 1. The van der Waals surface area contributed by atoms with Crippen LogP contribution in [-0.2, 0) is 11.2 Å². The number of hydrogen-bond acceptors (Lipinski definition) is 4. The van der Waals surface area contributed by atoms with Crippen molar-refractivity contribution in [3.8, 4) is 5.75 Å². The number of pyridine rings is 1. The lowest BCUT2D eigenvalue weighted by Crippen LogP contribution is -2.37. The number of carbonyl (C=O) groups excluding carboxylic acids is 1. The molecule has 0 aliphatic rings. The van der Waals surface area contributed by atoms with E-state index < -0.39 is 12.0 Å². The molecule has 0 fully saturated rings. The number of carbonyl (C=O) groups is 1. The van der Waals surface area contributed by atoms with Gasteiger partial charge in [0.15, 0.2) is 0 Å². The van der Waals surface area contributed by atoms with Gasteiger partial charge in [-0.15, -0.1) is 0 Å². The molecule has 0 radical (unpaired) electrons. The molecule has 0 saturated heterocycles. The molecule has 1 aromatic heterocycles. The number of nitrogens with two attached hydrogens (primary N) is 1. The molecule has 2 aromatic rings. The van der Waals surface area contributed by atoms with E-state index in [2.05, 4.69) is 10.3 Å². The van der Waals surface area contributed by atoms with E-state index in [0.29, 0.717) is 12.1 Å². The Hall–Kier alpha value is -2.47. The first-order valence-electron chi connectivity index (χ1n) is 6.00. The molecule has 5 nitrogen and oxygen atoms in total. The van der Waals surface area contributed by atoms with Crippen LogP contribution >= 0.6 is 0 Å². The van der Waals surface area contributed by atoms with E-state index >= 15 is 0 Å². The van der Waals surface area contributed by atoms with Crippen molar-refractivity contribution in [2.75, 3.05) is 5.32 Å². The second-order valence-electron chi connectivity index (χ2n) is 4.34. The molecule has 104 valence electrons. The number of anilines is 1. The van der Waals surface area contributed by atoms with Crippen LogP contribution in [0, 0.1) is 5.95 Å². The van der Waals surface area contributed by atoms with Gasteiger partial charge in [-0.1, -0.05) is 12.1 Å². The molecule has 2 rings (SSSR count). The zero-order valence-corrected chi connectivity index (χ0v) is 10.6. The Balaban J connectivity index is 1.94. The van der Waals surface area contributed by atoms with Crippen LogP contribution in [0.3, 0.4) is 0 Å². The van der Waals surface area contributed by atoms with Gasteiger partial charge in [-0.25, -0.2) is 4.98 Å². The van der Waals surface area contributed by atoms with Crippen molar-refractivity contribution in [1.82, 2.24) is 4.98 Å². The van der Waals surface area contributed by atoms with Crippen molar-refractivity contribution in [2.45, 2.75) is 12.5 Å². The maximum Gasteiger partial charge on any atom is 0.241 e. The van der Waals surface area contributed by atoms with Crippen LogP contribution in [0.1, 0.15) is 5.56 Å². The summed E-state index contributed by atoms with van der Waals surface area (Å²) in [5.74, 6) is -0.841. The Labute approximate surface area is 115 Å². The van der Waals surface area contributed by atoms with Gasteiger partial charge < -0.3 is 16.2 Å². The average molecular weight is 275 g/mol. The highest BCUT2D eigenvalue weighted by Gasteiger charge is 2.14. The normalized spacial score (nSPS) is 11.9. The lowest BCUT2D eigenvalue weighted by molar-refractivity contribution is -0.117. The number of phenolic OH excluding ortho intramolecular Hbond substituents is 1. The van der Waals surface area contributed by atoms with Crippen LogP contribution in [0.25, 0.3) is 0 Å². The van der Waals surface area contributed by atoms with Crippen LogP contribution in [0.4, 0.5) is 10.1 Å². The third-order valence-corrected chi connectivity index (χ3v) is 2.72. The summed E-state index contributed by atoms with van der Waals surface area (Å²) in [5, 5.41) is 11.7. The van der Waals surface area contributed by atoms with E-state index in [1.807, 2.05) is 0 Å². The van der Waals surface area contributed by atoms with Crippen molar-refractivity contribution >= 4 is 11.6 Å². The molecule has 6 heteroatoms. The van der Waals surface area contributed by atoms with Crippen molar-refractivity contribution in [3.05, 3.63) is 54.1 Å². The molecule has 4 N–H and O–H groups in total. The summed E-state index contributed by atoms with van der Waals surface area (Å²) in [6, 6.07) is 8.27. The van der Waals surface area contributed by atoms with E-state index in [1.54, 1.807) is 12.1 Å². The molecule has 0 unspecified atom stereocenters. The number of amides is 1. The zero-order chi connectivity index (χ0) is 14.5. The third-order valence-electron chi connectivity index (χ3n) is 2.72. The first kappa shape index (κ1) is 14.0. The Morgan fingerprint density at radius 2 is 2.00 bits per heavy atom. The molecule has 1 heterocycles. The monoisotopic (exact) mass is 275 g/mol. The fraction of sp³-hybridized carbons (Fsp3) is 0.143. The summed E-state index contributed by atoms with van der Waals surface area (Å²) in [4.78, 5) is 15.3. The third kappa shape index (κ3) is 3.76. The molecular weight excluding hydrogens is 261 g/mol. The molecule has 0 bridgehead atoms. The summed E-state index contributed by atoms with van der Waals surface area (Å²) < 4.78 is 12.6. The van der Waals surface area contributed by atoms with Crippen LogP contribution in [0.15, 0.2) is 42.6 Å². The van der Waals surface area contributed by atoms with Crippen molar-refractivity contribution in [3.63, 3.8) is 0 Å². The van der Waals surface area contributed by atoms with E-state index in [1.165, 1.54) is 24.4 Å². The Morgan fingerprint density at radius 1 is 1.30 bits per heavy atom. The molecule has 1 atom stereocenters. The van der Waals surface area contributed by atoms with E-state index in [-0.39, 0.29) is 11.7 Å². The van der Waals surface area contributed by atoms with Crippen molar-refractivity contribution in [2.24, 2.45) is 5.73 Å². The fourth-order valence-corrected chi connectivity index (χ4v) is 1.66. The molecular formula is C14H14FN3O2. The Morgan fingerprint density at radius 3 is 2.60 bits per heavy atom. The summed E-state index contributed by atoms with van der Waals surface area (Å²) in [6.45, 7) is 0. The molecule has 0 spiro atoms. The van der Waals surface area contributed by atoms with Gasteiger partial charge in [0.05, 0.1) is 17.9 Å². The van der Waals surface area contributed by atoms with Crippen molar-refractivity contribution < 1.29 is 14.3 Å². The molecule has 0 aliphatic carbocycles. The quantitative estimate of drug-likeness (QED) is 0.737. The molecule has 1 aromatic carbocycles. The topological polar surface area (TPSA) is 88.2 Å². The molecule has 0 aliphatic heterocycles. The lowest BCUT2D eigenvalue weighted by atomic mass is 10.1. The number of aromatic nitrogens is 1. The van der Waals surface area contributed by atoms with Gasteiger partial charge in [0, 0.05) is 0 Å². The van der Waals surface area contributed by atoms with Gasteiger partial charge >= 0.3 is 0 Å². The Bertz CT molecular complexity index is 584. The van der Waals surface area contributed by atoms with Gasteiger partial charge in [0.25, 0.3) is 0 Å². The number of nitrogens with one attached hydrogen (secondary N) is 1. The maximum absolute atomic E-state index is 12.6. The van der Waals surface area contributed by atoms with Gasteiger partial charge in [-0.05, 0) is 36.2 Å². The highest BCUT2D eigenvalue weighted by atomic mass is 19.1. The largest absolute Gasteiger partial charge is 0.508 e. The maximum atomic E-state index is 12.6. The number of halogens is 1. The van der Waals surface area contributed by atoms with Gasteiger partial charge in [-0.2, -0.15) is 4.39 Å². The highest BCUT2D eigenvalue weighted by molar-refractivity contribution is 5.94. The first-order valence-corrected chi connectivity index (χ1v) is 6.00. The van der Waals surface area contributed by atoms with Gasteiger partial charge in [-0.3, -0.25) is 4.79 Å². The number of aromatic hydroxyl groups is 1. The van der Waals surface area contributed by atoms with E-state index in [9.17, 15) is 9.18 Å². The lowest BCUT2D eigenvalue weighted by Gasteiger charge is -2.12. The van der Waals surface area contributed by atoms with E-state index in [4.69, 9.17) is 10.8 Å². The second-order valence-corrected chi connectivity index (χ2v) is 4.34. The SMILES string of the molecule is N[C@@H](Cc1ccc(O)cc1)C(=O)Nc1ccc(F)nc1. The predicted octanol–water partition coefficient (Wildman–Crippen LogP) is 1.43. The summed E-state index contributed by atoms with van der Waals surface area (Å²) in [5.41, 5.74) is 7.02. The van der Waals surface area contributed by atoms with Gasteiger partial charge in [0.1, 0.15) is 5.75 Å². The Kier molecular flexibility index (Phi) is 4.27. The first-order chi connectivity index (χ1) is 9.54.